The van der Waals surface area contributed by atoms with Crippen LogP contribution in [-0.2, 0) is 32.0 Å². The van der Waals surface area contributed by atoms with E-state index in [0.29, 0.717) is 37.3 Å². The molecule has 1 atom stereocenters. The minimum absolute atomic E-state index is 0.0112. The Bertz CT molecular complexity index is 1420. The second-order valence-electron chi connectivity index (χ2n) is 12.7. The third kappa shape index (κ3) is 11.3. The summed E-state index contributed by atoms with van der Waals surface area (Å²) in [7, 11) is 0. The maximum atomic E-state index is 13.7. The van der Waals surface area contributed by atoms with Crippen molar-refractivity contribution in [3.8, 4) is 5.75 Å². The van der Waals surface area contributed by atoms with Gasteiger partial charge in [0.1, 0.15) is 18.1 Å². The molecular weight excluding hydrogens is 576 g/mol. The van der Waals surface area contributed by atoms with Crippen LogP contribution < -0.4 is 10.1 Å². The van der Waals surface area contributed by atoms with Crippen LogP contribution in [-0.4, -0.2) is 41.6 Å². The van der Waals surface area contributed by atoms with Gasteiger partial charge in [-0.3, -0.25) is 14.4 Å². The van der Waals surface area contributed by atoms with Crippen LogP contribution in [0.1, 0.15) is 77.8 Å². The third-order valence-electron chi connectivity index (χ3n) is 8.28. The van der Waals surface area contributed by atoms with E-state index in [1.54, 1.807) is 17.0 Å². The summed E-state index contributed by atoms with van der Waals surface area (Å²) in [5, 5.41) is 3.03. The first-order chi connectivity index (χ1) is 22.0. The molecule has 1 saturated heterocycles. The SMILES string of the molecule is C=C(/C(NC(=O)CC(=O)C(Cc1ccccc1)Cc1ccc(OC(=O)CN2CCCCCC2=O)cc1)=C(\C=C/C)C(C)C)C(C)C. The van der Waals surface area contributed by atoms with Gasteiger partial charge in [0.05, 0.1) is 6.42 Å². The molecule has 0 aliphatic carbocycles. The van der Waals surface area contributed by atoms with E-state index in [4.69, 9.17) is 4.74 Å². The van der Waals surface area contributed by atoms with Crippen molar-refractivity contribution in [2.24, 2.45) is 17.8 Å². The van der Waals surface area contributed by atoms with Crippen molar-refractivity contribution in [2.75, 3.05) is 13.1 Å². The van der Waals surface area contributed by atoms with Gasteiger partial charge in [-0.2, -0.15) is 0 Å². The molecule has 1 aliphatic heterocycles. The molecule has 0 bridgehead atoms. The normalized spacial score (nSPS) is 15.0. The number of carbonyl (C=O) groups excluding carboxylic acids is 4. The minimum atomic E-state index is -0.477. The maximum Gasteiger partial charge on any atom is 0.331 e. The number of esters is 1. The molecule has 0 aromatic heterocycles. The first-order valence-corrected chi connectivity index (χ1v) is 16.5. The first-order valence-electron chi connectivity index (χ1n) is 16.5. The average Bonchev–Trinajstić information content (AvgIpc) is 3.22. The van der Waals surface area contributed by atoms with Crippen molar-refractivity contribution in [1.29, 1.82) is 0 Å². The second-order valence-corrected chi connectivity index (χ2v) is 12.7. The highest BCUT2D eigenvalue weighted by molar-refractivity contribution is 6.00. The third-order valence-corrected chi connectivity index (χ3v) is 8.28. The Morgan fingerprint density at radius 1 is 0.913 bits per heavy atom. The fraction of sp³-hybridized carbons (Fsp3) is 0.436. The molecule has 46 heavy (non-hydrogen) atoms. The molecule has 0 spiro atoms. The van der Waals surface area contributed by atoms with Gasteiger partial charge in [-0.1, -0.05) is 95.3 Å². The molecule has 1 fully saturated rings. The number of hydrogen-bond acceptors (Lipinski definition) is 5. The number of hydrogen-bond donors (Lipinski definition) is 1. The molecule has 2 aromatic carbocycles. The van der Waals surface area contributed by atoms with Crippen LogP contribution in [0, 0.1) is 17.8 Å². The monoisotopic (exact) mass is 626 g/mol. The summed E-state index contributed by atoms with van der Waals surface area (Å²) < 4.78 is 5.52. The number of ketones is 1. The summed E-state index contributed by atoms with van der Waals surface area (Å²) in [5.74, 6) is -0.766. The Hall–Kier alpha value is -4.26. The van der Waals surface area contributed by atoms with Gasteiger partial charge in [0.25, 0.3) is 0 Å². The van der Waals surface area contributed by atoms with Gasteiger partial charge in [0, 0.05) is 24.6 Å². The van der Waals surface area contributed by atoms with E-state index in [9.17, 15) is 19.2 Å². The summed E-state index contributed by atoms with van der Waals surface area (Å²) >= 11 is 0. The van der Waals surface area contributed by atoms with Crippen LogP contribution in [0.3, 0.4) is 0 Å². The first kappa shape index (κ1) is 36.2. The number of likely N-dealkylation sites (tertiary alicyclic amines) is 1. The summed E-state index contributed by atoms with van der Waals surface area (Å²) in [6, 6.07) is 16.9. The number of ether oxygens (including phenoxy) is 1. The number of nitrogens with zero attached hydrogens (tertiary/aromatic N) is 1. The van der Waals surface area contributed by atoms with Crippen LogP contribution in [0.2, 0.25) is 0 Å². The lowest BCUT2D eigenvalue weighted by Crippen LogP contribution is -2.36. The van der Waals surface area contributed by atoms with E-state index in [1.165, 1.54) is 0 Å². The fourth-order valence-corrected chi connectivity index (χ4v) is 5.56. The van der Waals surface area contributed by atoms with Gasteiger partial charge in [-0.25, -0.2) is 4.79 Å². The highest BCUT2D eigenvalue weighted by atomic mass is 16.5. The fourth-order valence-electron chi connectivity index (χ4n) is 5.56. The molecule has 2 aromatic rings. The molecule has 0 radical (unpaired) electrons. The highest BCUT2D eigenvalue weighted by Crippen LogP contribution is 2.25. The zero-order chi connectivity index (χ0) is 33.6. The number of Topliss-reactive ketones (excluding diaryl/α,β-unsaturated/α-hetero) is 1. The lowest BCUT2D eigenvalue weighted by atomic mass is 9.87. The molecule has 3 rings (SSSR count). The molecule has 7 nitrogen and oxygen atoms in total. The van der Waals surface area contributed by atoms with E-state index in [-0.39, 0.29) is 42.4 Å². The van der Waals surface area contributed by atoms with Gasteiger partial charge in [0.2, 0.25) is 11.8 Å². The van der Waals surface area contributed by atoms with E-state index in [1.807, 2.05) is 75.4 Å². The Morgan fingerprint density at radius 3 is 2.17 bits per heavy atom. The van der Waals surface area contributed by atoms with Crippen LogP contribution in [0.4, 0.5) is 0 Å². The van der Waals surface area contributed by atoms with Crippen molar-refractivity contribution < 1.29 is 23.9 Å². The number of allylic oxidation sites excluding steroid dienone is 4. The Morgan fingerprint density at radius 2 is 1.57 bits per heavy atom. The van der Waals surface area contributed by atoms with Gasteiger partial charge >= 0.3 is 5.97 Å². The summed E-state index contributed by atoms with van der Waals surface area (Å²) in [5.41, 5.74) is 4.38. The number of benzene rings is 2. The van der Waals surface area contributed by atoms with E-state index < -0.39 is 11.9 Å². The van der Waals surface area contributed by atoms with E-state index >= 15 is 0 Å². The standard InChI is InChI=1S/C39H50N2O5/c1-7-14-34(28(4)5)39(29(6)27(2)3)40-36(43)25-35(42)32(23-30-15-10-8-11-16-30)24-31-18-20-33(21-19-31)46-38(45)26-41-22-13-9-12-17-37(41)44/h7-8,10-11,14-16,18-21,27-28,32H,6,9,12-13,17,22-26H2,1-5H3,(H,40,43)/b14-7-,39-34-. The summed E-state index contributed by atoms with van der Waals surface area (Å²) in [6.07, 6.45) is 7.79. The number of carbonyl (C=O) groups is 4. The zero-order valence-corrected chi connectivity index (χ0v) is 28.1. The van der Waals surface area contributed by atoms with Crippen molar-refractivity contribution in [1.82, 2.24) is 10.2 Å². The lowest BCUT2D eigenvalue weighted by Gasteiger charge is -2.22. The number of nitrogens with one attached hydrogen (secondary N) is 1. The molecular formula is C39H50N2O5. The molecule has 0 saturated carbocycles. The van der Waals surface area contributed by atoms with E-state index in [2.05, 4.69) is 25.7 Å². The van der Waals surface area contributed by atoms with Crippen molar-refractivity contribution in [3.63, 3.8) is 0 Å². The van der Waals surface area contributed by atoms with Crippen LogP contribution in [0.5, 0.6) is 5.75 Å². The molecule has 1 heterocycles. The Labute approximate surface area is 274 Å². The Balaban J connectivity index is 1.73. The summed E-state index contributed by atoms with van der Waals surface area (Å²) in [4.78, 5) is 53.5. The number of rotatable bonds is 15. The van der Waals surface area contributed by atoms with Crippen molar-refractivity contribution in [2.45, 2.75) is 79.6 Å². The number of amides is 2. The minimum Gasteiger partial charge on any atom is -0.425 e. The predicted octanol–water partition coefficient (Wildman–Crippen LogP) is 7.17. The average molecular weight is 627 g/mol. The summed E-state index contributed by atoms with van der Waals surface area (Å²) in [6.45, 7) is 14.9. The predicted molar refractivity (Wildman–Crippen MR) is 183 cm³/mol. The van der Waals surface area contributed by atoms with Gasteiger partial charge < -0.3 is 15.0 Å². The van der Waals surface area contributed by atoms with Crippen LogP contribution in [0.25, 0.3) is 0 Å². The van der Waals surface area contributed by atoms with E-state index in [0.717, 1.165) is 41.5 Å². The van der Waals surface area contributed by atoms with Gasteiger partial charge in [-0.15, -0.1) is 0 Å². The van der Waals surface area contributed by atoms with Gasteiger partial charge in [0.15, 0.2) is 0 Å². The Kier molecular flexibility index (Phi) is 14.2. The van der Waals surface area contributed by atoms with Crippen LogP contribution >= 0.6 is 0 Å². The van der Waals surface area contributed by atoms with Crippen molar-refractivity contribution >= 4 is 23.6 Å². The highest BCUT2D eigenvalue weighted by Gasteiger charge is 2.25. The molecule has 1 N–H and O–H groups in total. The molecule has 7 heteroatoms. The molecule has 246 valence electrons. The molecule has 2 amide bonds. The quantitative estimate of drug-likeness (QED) is 0.0980. The largest absolute Gasteiger partial charge is 0.425 e. The second kappa shape index (κ2) is 18.0. The molecule has 1 aliphatic rings. The topological polar surface area (TPSA) is 92.8 Å². The zero-order valence-electron chi connectivity index (χ0n) is 28.1. The lowest BCUT2D eigenvalue weighted by molar-refractivity contribution is -0.142. The smallest absolute Gasteiger partial charge is 0.331 e. The van der Waals surface area contributed by atoms with Crippen LogP contribution in [0.15, 0.2) is 90.2 Å². The maximum absolute atomic E-state index is 13.7. The van der Waals surface area contributed by atoms with Gasteiger partial charge in [-0.05, 0) is 78.8 Å². The van der Waals surface area contributed by atoms with Crippen molar-refractivity contribution in [3.05, 3.63) is 101 Å². The molecule has 1 unspecified atom stereocenters.